The summed E-state index contributed by atoms with van der Waals surface area (Å²) in [6, 6.07) is 3.57. The minimum Gasteiger partial charge on any atom is -0.496 e. The van der Waals surface area contributed by atoms with E-state index >= 15 is 0 Å². The molecule has 0 aliphatic carbocycles. The van der Waals surface area contributed by atoms with Gasteiger partial charge in [0.1, 0.15) is 17.2 Å². The summed E-state index contributed by atoms with van der Waals surface area (Å²) in [5.74, 6) is 2.29. The maximum atomic E-state index is 11.9. The molecule has 0 unspecified atom stereocenters. The van der Waals surface area contributed by atoms with Gasteiger partial charge in [0.15, 0.2) is 5.96 Å². The summed E-state index contributed by atoms with van der Waals surface area (Å²) < 4.78 is 16.1. The van der Waals surface area contributed by atoms with Gasteiger partial charge in [-0.1, -0.05) is 0 Å². The van der Waals surface area contributed by atoms with Crippen molar-refractivity contribution < 1.29 is 19.0 Å². The molecule has 8 nitrogen and oxygen atoms in total. The minimum atomic E-state index is -0.278. The summed E-state index contributed by atoms with van der Waals surface area (Å²) in [4.78, 5) is 16.0. The Morgan fingerprint density at radius 1 is 1.04 bits per heavy atom. The van der Waals surface area contributed by atoms with Crippen LogP contribution in [0.25, 0.3) is 0 Å². The van der Waals surface area contributed by atoms with Crippen LogP contribution < -0.4 is 30.2 Å². The Morgan fingerprint density at radius 3 is 2.04 bits per heavy atom. The van der Waals surface area contributed by atoms with Gasteiger partial charge in [-0.3, -0.25) is 9.79 Å². The van der Waals surface area contributed by atoms with E-state index in [1.165, 1.54) is 0 Å². The zero-order valence-electron chi connectivity index (χ0n) is 16.6. The van der Waals surface area contributed by atoms with Crippen LogP contribution >= 0.6 is 0 Å². The van der Waals surface area contributed by atoms with Crippen LogP contribution in [0.4, 0.5) is 0 Å². The maximum absolute atomic E-state index is 11.9. The average Bonchev–Trinajstić information content (AvgIpc) is 2.59. The number of benzene rings is 1. The lowest BCUT2D eigenvalue weighted by atomic mass is 10.1. The lowest BCUT2D eigenvalue weighted by Gasteiger charge is -2.21. The van der Waals surface area contributed by atoms with E-state index in [1.54, 1.807) is 40.5 Å². The Balaban J connectivity index is 2.76. The lowest BCUT2D eigenvalue weighted by Crippen LogP contribution is -2.48. The van der Waals surface area contributed by atoms with Crippen LogP contribution in [0.5, 0.6) is 17.2 Å². The number of amides is 1. The zero-order chi connectivity index (χ0) is 19.7. The third-order valence-electron chi connectivity index (χ3n) is 3.40. The van der Waals surface area contributed by atoms with Crippen LogP contribution in [-0.4, -0.2) is 52.3 Å². The molecule has 3 N–H and O–H groups in total. The molecule has 0 saturated carbocycles. The van der Waals surface area contributed by atoms with Gasteiger partial charge in [0.2, 0.25) is 5.91 Å². The van der Waals surface area contributed by atoms with Crippen molar-refractivity contribution >= 4 is 11.9 Å². The number of nitrogens with zero attached hydrogens (tertiary/aromatic N) is 1. The van der Waals surface area contributed by atoms with Crippen molar-refractivity contribution in [2.75, 3.05) is 34.9 Å². The number of carbonyl (C=O) groups excluding carboxylic acids is 1. The van der Waals surface area contributed by atoms with Gasteiger partial charge in [0, 0.05) is 24.7 Å². The highest BCUT2D eigenvalue weighted by Gasteiger charge is 2.15. The van der Waals surface area contributed by atoms with Crippen LogP contribution in [-0.2, 0) is 11.3 Å². The van der Waals surface area contributed by atoms with Gasteiger partial charge >= 0.3 is 0 Å². The molecule has 0 fully saturated rings. The molecule has 8 heteroatoms. The Morgan fingerprint density at radius 2 is 1.62 bits per heavy atom. The number of carbonyl (C=O) groups is 1. The van der Waals surface area contributed by atoms with Crippen LogP contribution in [0.1, 0.15) is 26.3 Å². The highest BCUT2D eigenvalue weighted by molar-refractivity contribution is 5.86. The molecule has 0 atom stereocenters. The summed E-state index contributed by atoms with van der Waals surface area (Å²) in [6.07, 6.45) is 0. The fourth-order valence-corrected chi connectivity index (χ4v) is 2.27. The summed E-state index contributed by atoms with van der Waals surface area (Å²) in [5, 5.41) is 9.01. The summed E-state index contributed by atoms with van der Waals surface area (Å²) >= 11 is 0. The summed E-state index contributed by atoms with van der Waals surface area (Å²) in [7, 11) is 6.39. The quantitative estimate of drug-likeness (QED) is 0.497. The van der Waals surface area contributed by atoms with Gasteiger partial charge in [-0.05, 0) is 20.8 Å². The second-order valence-corrected chi connectivity index (χ2v) is 6.59. The first-order chi connectivity index (χ1) is 12.2. The van der Waals surface area contributed by atoms with E-state index in [0.29, 0.717) is 29.8 Å². The van der Waals surface area contributed by atoms with E-state index in [4.69, 9.17) is 14.2 Å². The Kier molecular flexibility index (Phi) is 8.02. The number of methoxy groups -OCH3 is 3. The number of ether oxygens (including phenoxy) is 3. The van der Waals surface area contributed by atoms with E-state index in [1.807, 2.05) is 20.8 Å². The molecule has 0 bridgehead atoms. The Labute approximate surface area is 155 Å². The van der Waals surface area contributed by atoms with Gasteiger partial charge in [-0.2, -0.15) is 0 Å². The van der Waals surface area contributed by atoms with Crippen molar-refractivity contribution in [3.63, 3.8) is 0 Å². The van der Waals surface area contributed by atoms with Crippen molar-refractivity contribution in [3.8, 4) is 17.2 Å². The molecule has 146 valence electrons. The van der Waals surface area contributed by atoms with Crippen LogP contribution in [0.3, 0.4) is 0 Å². The molecule has 0 spiro atoms. The van der Waals surface area contributed by atoms with E-state index in [-0.39, 0.29) is 18.0 Å². The van der Waals surface area contributed by atoms with Crippen LogP contribution in [0.2, 0.25) is 0 Å². The molecule has 1 amide bonds. The second kappa shape index (κ2) is 9.74. The molecular formula is C18H30N4O4. The van der Waals surface area contributed by atoms with Crippen molar-refractivity contribution in [1.82, 2.24) is 16.0 Å². The van der Waals surface area contributed by atoms with Gasteiger partial charge in [0.25, 0.3) is 0 Å². The smallest absolute Gasteiger partial charge is 0.239 e. The second-order valence-electron chi connectivity index (χ2n) is 6.59. The number of guanidine groups is 1. The van der Waals surface area contributed by atoms with Crippen LogP contribution in [0, 0.1) is 0 Å². The SMILES string of the molecule is CN=C(NCC(=O)NC(C)(C)C)NCc1c(OC)cc(OC)cc1OC. The summed E-state index contributed by atoms with van der Waals surface area (Å²) in [5.41, 5.74) is 0.539. The zero-order valence-corrected chi connectivity index (χ0v) is 16.6. The fourth-order valence-electron chi connectivity index (χ4n) is 2.27. The van der Waals surface area contributed by atoms with E-state index in [2.05, 4.69) is 20.9 Å². The van der Waals surface area contributed by atoms with Crippen molar-refractivity contribution in [1.29, 1.82) is 0 Å². The summed E-state index contributed by atoms with van der Waals surface area (Å²) in [6.45, 7) is 6.31. The third-order valence-corrected chi connectivity index (χ3v) is 3.40. The van der Waals surface area contributed by atoms with E-state index in [9.17, 15) is 4.79 Å². The molecule has 1 rings (SSSR count). The topological polar surface area (TPSA) is 93.2 Å². The van der Waals surface area contributed by atoms with Gasteiger partial charge in [-0.25, -0.2) is 0 Å². The van der Waals surface area contributed by atoms with Crippen molar-refractivity contribution in [2.45, 2.75) is 32.9 Å². The van der Waals surface area contributed by atoms with E-state index in [0.717, 1.165) is 5.56 Å². The van der Waals surface area contributed by atoms with Gasteiger partial charge in [0.05, 0.1) is 40.0 Å². The Bertz CT molecular complexity index is 614. The van der Waals surface area contributed by atoms with Crippen molar-refractivity contribution in [2.24, 2.45) is 4.99 Å². The first-order valence-electron chi connectivity index (χ1n) is 8.28. The molecule has 26 heavy (non-hydrogen) atoms. The number of hydrogen-bond acceptors (Lipinski definition) is 5. The highest BCUT2D eigenvalue weighted by Crippen LogP contribution is 2.33. The van der Waals surface area contributed by atoms with E-state index < -0.39 is 0 Å². The number of nitrogens with one attached hydrogen (secondary N) is 3. The first-order valence-corrected chi connectivity index (χ1v) is 8.28. The normalized spacial score (nSPS) is 11.6. The first kappa shape index (κ1) is 21.4. The Hall–Kier alpha value is -2.64. The monoisotopic (exact) mass is 366 g/mol. The average molecular weight is 366 g/mol. The predicted octanol–water partition coefficient (Wildman–Crippen LogP) is 1.29. The lowest BCUT2D eigenvalue weighted by molar-refractivity contribution is -0.121. The molecule has 0 aliphatic heterocycles. The largest absolute Gasteiger partial charge is 0.496 e. The standard InChI is InChI=1S/C18H30N4O4/c1-18(2,3)22-16(23)11-21-17(19-4)20-10-13-14(25-6)8-12(24-5)9-15(13)26-7/h8-9H,10-11H2,1-7H3,(H,22,23)(H2,19,20,21). The van der Waals surface area contributed by atoms with Crippen molar-refractivity contribution in [3.05, 3.63) is 17.7 Å². The number of rotatable bonds is 7. The molecule has 0 saturated heterocycles. The third kappa shape index (κ3) is 6.70. The number of hydrogen-bond donors (Lipinski definition) is 3. The maximum Gasteiger partial charge on any atom is 0.239 e. The van der Waals surface area contributed by atoms with Gasteiger partial charge in [-0.15, -0.1) is 0 Å². The van der Waals surface area contributed by atoms with Crippen LogP contribution in [0.15, 0.2) is 17.1 Å². The molecule has 0 aromatic heterocycles. The predicted molar refractivity (Wildman–Crippen MR) is 102 cm³/mol. The fraction of sp³-hybridized carbons (Fsp3) is 0.556. The highest BCUT2D eigenvalue weighted by atomic mass is 16.5. The number of aliphatic imine (C=N–C) groups is 1. The minimum absolute atomic E-state index is 0.111. The molecule has 1 aromatic carbocycles. The van der Waals surface area contributed by atoms with Gasteiger partial charge < -0.3 is 30.2 Å². The molecular weight excluding hydrogens is 336 g/mol. The molecule has 1 aromatic rings. The molecule has 0 radical (unpaired) electrons. The molecule has 0 aliphatic rings. The molecule has 0 heterocycles.